The molecular formula is C34H49N5O9. The predicted octanol–water partition coefficient (Wildman–Crippen LogP) is 1.92. The van der Waals surface area contributed by atoms with Crippen LogP contribution in [-0.4, -0.2) is 88.4 Å². The largest absolute Gasteiger partial charge is 0.356 e. The van der Waals surface area contributed by atoms with Gasteiger partial charge in [0.1, 0.15) is 0 Å². The summed E-state index contributed by atoms with van der Waals surface area (Å²) in [4.78, 5) is 100. The van der Waals surface area contributed by atoms with Crippen molar-refractivity contribution in [2.45, 2.75) is 90.9 Å². The number of rotatable bonds is 10. The van der Waals surface area contributed by atoms with Crippen molar-refractivity contribution in [2.75, 3.05) is 26.2 Å². The number of nitrogens with one attached hydrogen (secondary N) is 1. The molecule has 14 heteroatoms. The van der Waals surface area contributed by atoms with E-state index < -0.39 is 17.8 Å². The summed E-state index contributed by atoms with van der Waals surface area (Å²) >= 11 is 0. The number of hydrogen-bond donors (Lipinski definition) is 2. The summed E-state index contributed by atoms with van der Waals surface area (Å²) < 4.78 is 0. The molecule has 3 N–H and O–H groups in total. The molecule has 5 rings (SSSR count). The van der Waals surface area contributed by atoms with Gasteiger partial charge in [-0.15, -0.1) is 5.06 Å². The standard InChI is InChI=1S/C16H18N2O6.C15H22N2O3.C3H9N/c19-12-5-6-13(20)17(12)9-10-1-3-11(4-2-10)16(23)24-18-14(21)7-8-15(18)22;1-2-9-16-15(20)12-5-3-11(4-6-12)10-17-13(18)7-8-14(17)19;1-2-3-4/h5-6,10-11H,1-4,7-9H2;7-8,11-12H,2-6,9-10H2,1H3,(H,16,20);2-4H2,1H3. The van der Waals surface area contributed by atoms with Gasteiger partial charge in [0, 0.05) is 62.7 Å². The van der Waals surface area contributed by atoms with Gasteiger partial charge in [0.15, 0.2) is 0 Å². The van der Waals surface area contributed by atoms with Crippen LogP contribution in [0.3, 0.4) is 0 Å². The zero-order chi connectivity index (χ0) is 35.2. The molecule has 0 unspecified atom stereocenters. The van der Waals surface area contributed by atoms with Gasteiger partial charge in [0.2, 0.25) is 5.91 Å². The lowest BCUT2D eigenvalue weighted by Gasteiger charge is -2.29. The highest BCUT2D eigenvalue weighted by atomic mass is 16.7. The number of amides is 7. The first-order valence-electron chi connectivity index (χ1n) is 17.1. The van der Waals surface area contributed by atoms with E-state index in [1.807, 2.05) is 6.92 Å². The number of carbonyl (C=O) groups is 8. The average Bonchev–Trinajstić information content (AvgIpc) is 3.71. The summed E-state index contributed by atoms with van der Waals surface area (Å²) in [7, 11) is 0. The maximum Gasteiger partial charge on any atom is 0.336 e. The number of carbonyl (C=O) groups excluding carboxylic acids is 8. The van der Waals surface area contributed by atoms with Crippen molar-refractivity contribution in [1.82, 2.24) is 20.2 Å². The van der Waals surface area contributed by atoms with Crippen molar-refractivity contribution >= 4 is 47.3 Å². The van der Waals surface area contributed by atoms with Gasteiger partial charge in [-0.25, -0.2) is 4.79 Å². The zero-order valence-electron chi connectivity index (χ0n) is 28.0. The Bertz CT molecular complexity index is 1230. The van der Waals surface area contributed by atoms with Crippen LogP contribution in [0.25, 0.3) is 0 Å². The SMILES string of the molecule is CCCN.CCCNC(=O)C1CCC(CN2C(=O)C=CC2=O)CC1.O=C(ON1C(=O)CCC1=O)C1CCC(CN2C(=O)C=CC2=O)CC1. The predicted molar refractivity (Wildman–Crippen MR) is 172 cm³/mol. The fourth-order valence-electron chi connectivity index (χ4n) is 6.14. The molecular weight excluding hydrogens is 622 g/mol. The van der Waals surface area contributed by atoms with Crippen molar-refractivity contribution < 1.29 is 43.2 Å². The molecule has 48 heavy (non-hydrogen) atoms. The van der Waals surface area contributed by atoms with Crippen LogP contribution < -0.4 is 11.1 Å². The van der Waals surface area contributed by atoms with Crippen LogP contribution in [0, 0.1) is 23.7 Å². The Balaban J connectivity index is 0.000000238. The van der Waals surface area contributed by atoms with E-state index in [1.165, 1.54) is 34.1 Å². The molecule has 0 bridgehead atoms. The fourth-order valence-corrected chi connectivity index (χ4v) is 6.14. The second-order valence-electron chi connectivity index (χ2n) is 12.7. The Kier molecular flexibility index (Phi) is 15.1. The van der Waals surface area contributed by atoms with E-state index in [0.717, 1.165) is 51.6 Å². The van der Waals surface area contributed by atoms with E-state index in [2.05, 4.69) is 12.2 Å². The third-order valence-electron chi connectivity index (χ3n) is 9.11. The van der Waals surface area contributed by atoms with Gasteiger partial charge in [0.25, 0.3) is 35.4 Å². The van der Waals surface area contributed by atoms with Crippen molar-refractivity contribution in [3.63, 3.8) is 0 Å². The lowest BCUT2D eigenvalue weighted by molar-refractivity contribution is -0.201. The molecule has 0 spiro atoms. The Morgan fingerprint density at radius 2 is 1.08 bits per heavy atom. The summed E-state index contributed by atoms with van der Waals surface area (Å²) in [5.41, 5.74) is 5.03. The minimum atomic E-state index is -0.563. The first-order chi connectivity index (χ1) is 23.0. The summed E-state index contributed by atoms with van der Waals surface area (Å²) in [5, 5.41) is 3.51. The second kappa shape index (κ2) is 19.0. The van der Waals surface area contributed by atoms with Gasteiger partial charge in [-0.2, -0.15) is 0 Å². The topological polar surface area (TPSA) is 194 Å². The highest BCUT2D eigenvalue weighted by Crippen LogP contribution is 2.32. The Morgan fingerprint density at radius 1 is 0.688 bits per heavy atom. The fraction of sp³-hybridized carbons (Fsp3) is 0.647. The molecule has 0 aromatic carbocycles. The van der Waals surface area contributed by atoms with Crippen molar-refractivity contribution in [3.05, 3.63) is 24.3 Å². The Hall–Kier alpha value is -4.20. The summed E-state index contributed by atoms with van der Waals surface area (Å²) in [6.07, 6.45) is 13.3. The summed E-state index contributed by atoms with van der Waals surface area (Å²) in [6, 6.07) is 0. The van der Waals surface area contributed by atoms with Gasteiger partial charge in [-0.05, 0) is 82.6 Å². The van der Waals surface area contributed by atoms with E-state index in [1.54, 1.807) is 0 Å². The van der Waals surface area contributed by atoms with E-state index in [0.29, 0.717) is 49.8 Å². The van der Waals surface area contributed by atoms with E-state index in [9.17, 15) is 38.4 Å². The molecule has 5 aliphatic rings. The lowest BCUT2D eigenvalue weighted by Crippen LogP contribution is -2.38. The van der Waals surface area contributed by atoms with E-state index in [4.69, 9.17) is 10.6 Å². The van der Waals surface area contributed by atoms with Gasteiger partial charge < -0.3 is 15.9 Å². The smallest absolute Gasteiger partial charge is 0.336 e. The number of nitrogens with two attached hydrogens (primary N) is 1. The summed E-state index contributed by atoms with van der Waals surface area (Å²) in [5.74, 6) is -2.19. The second-order valence-corrected chi connectivity index (χ2v) is 12.7. The van der Waals surface area contributed by atoms with E-state index in [-0.39, 0.29) is 60.1 Å². The minimum absolute atomic E-state index is 0.0742. The van der Waals surface area contributed by atoms with Crippen molar-refractivity contribution in [3.8, 4) is 0 Å². The molecule has 7 amide bonds. The molecule has 264 valence electrons. The third-order valence-corrected chi connectivity index (χ3v) is 9.11. The molecule has 0 atom stereocenters. The zero-order valence-corrected chi connectivity index (χ0v) is 28.0. The molecule has 0 aromatic rings. The molecule has 3 aliphatic heterocycles. The van der Waals surface area contributed by atoms with Gasteiger partial charge in [0.05, 0.1) is 5.92 Å². The lowest BCUT2D eigenvalue weighted by atomic mass is 9.81. The Morgan fingerprint density at radius 3 is 1.46 bits per heavy atom. The monoisotopic (exact) mass is 671 g/mol. The third kappa shape index (κ3) is 10.9. The first kappa shape index (κ1) is 38.2. The molecule has 0 radical (unpaired) electrons. The van der Waals surface area contributed by atoms with Crippen LogP contribution in [-0.2, 0) is 43.2 Å². The van der Waals surface area contributed by atoms with Gasteiger partial charge >= 0.3 is 5.97 Å². The molecule has 3 heterocycles. The van der Waals surface area contributed by atoms with Crippen molar-refractivity contribution in [1.29, 1.82) is 0 Å². The number of hydroxylamine groups is 2. The van der Waals surface area contributed by atoms with Crippen LogP contribution >= 0.6 is 0 Å². The maximum absolute atomic E-state index is 12.1. The first-order valence-corrected chi connectivity index (χ1v) is 17.1. The van der Waals surface area contributed by atoms with E-state index >= 15 is 0 Å². The molecule has 3 fully saturated rings. The van der Waals surface area contributed by atoms with Crippen molar-refractivity contribution in [2.24, 2.45) is 29.4 Å². The van der Waals surface area contributed by atoms with Crippen LogP contribution in [0.2, 0.25) is 0 Å². The normalized spacial score (nSPS) is 25.2. The molecule has 2 aliphatic carbocycles. The highest BCUT2D eigenvalue weighted by Gasteiger charge is 2.37. The molecule has 1 saturated heterocycles. The average molecular weight is 672 g/mol. The number of hydrogen-bond acceptors (Lipinski definition) is 10. The number of imide groups is 3. The quantitative estimate of drug-likeness (QED) is 0.324. The summed E-state index contributed by atoms with van der Waals surface area (Å²) in [6.45, 7) is 6.50. The van der Waals surface area contributed by atoms with Crippen LogP contribution in [0.1, 0.15) is 90.9 Å². The van der Waals surface area contributed by atoms with Crippen LogP contribution in [0.5, 0.6) is 0 Å². The van der Waals surface area contributed by atoms with Gasteiger partial charge in [-0.3, -0.25) is 43.4 Å². The van der Waals surface area contributed by atoms with Gasteiger partial charge in [-0.1, -0.05) is 13.8 Å². The van der Waals surface area contributed by atoms with Crippen LogP contribution in [0.15, 0.2) is 24.3 Å². The molecule has 14 nitrogen and oxygen atoms in total. The van der Waals surface area contributed by atoms with Crippen LogP contribution in [0.4, 0.5) is 0 Å². The molecule has 0 aromatic heterocycles. The number of nitrogens with zero attached hydrogens (tertiary/aromatic N) is 3. The minimum Gasteiger partial charge on any atom is -0.356 e. The Labute approximate surface area is 281 Å². The maximum atomic E-state index is 12.1. The molecule has 2 saturated carbocycles. The highest BCUT2D eigenvalue weighted by molar-refractivity contribution is 6.13.